The maximum atomic E-state index is 12.1. The highest BCUT2D eigenvalue weighted by molar-refractivity contribution is 5.82. The van der Waals surface area contributed by atoms with Crippen LogP contribution < -0.4 is 10.6 Å². The van der Waals surface area contributed by atoms with Crippen LogP contribution in [-0.2, 0) is 9.53 Å². The zero-order valence-corrected chi connectivity index (χ0v) is 11.3. The molecular weight excluding hydrogens is 216 g/mol. The molecule has 1 aliphatic heterocycles. The third-order valence-electron chi connectivity index (χ3n) is 3.64. The van der Waals surface area contributed by atoms with Crippen molar-refractivity contribution < 1.29 is 9.53 Å². The van der Waals surface area contributed by atoms with Gasteiger partial charge in [-0.3, -0.25) is 4.79 Å². The summed E-state index contributed by atoms with van der Waals surface area (Å²) in [6, 6.07) is 0. The van der Waals surface area contributed by atoms with Gasteiger partial charge in [0, 0.05) is 18.6 Å². The van der Waals surface area contributed by atoms with E-state index in [1.165, 1.54) is 6.42 Å². The molecule has 0 spiro atoms. The molecule has 0 aliphatic carbocycles. The van der Waals surface area contributed by atoms with E-state index in [-0.39, 0.29) is 11.3 Å². The zero-order chi connectivity index (χ0) is 12.7. The Balaban J connectivity index is 2.36. The Bertz CT molecular complexity index is 236. The molecule has 0 aromatic rings. The third-order valence-corrected chi connectivity index (χ3v) is 3.64. The van der Waals surface area contributed by atoms with Crippen molar-refractivity contribution >= 4 is 5.91 Å². The average molecular weight is 242 g/mol. The van der Waals surface area contributed by atoms with Crippen LogP contribution in [0.2, 0.25) is 0 Å². The molecule has 2 N–H and O–H groups in total. The third kappa shape index (κ3) is 4.28. The monoisotopic (exact) mass is 242 g/mol. The summed E-state index contributed by atoms with van der Waals surface area (Å²) in [6.07, 6.45) is 2.30. The number of hydrogen-bond donors (Lipinski definition) is 2. The standard InChI is InChI=1S/C13H26N2O2/c1-4-17-9-8-15-12(16)13(2,3)11-6-5-7-14-10-11/h11,14H,4-10H2,1-3H3,(H,15,16). The smallest absolute Gasteiger partial charge is 0.226 e. The minimum atomic E-state index is -0.292. The maximum Gasteiger partial charge on any atom is 0.226 e. The van der Waals surface area contributed by atoms with E-state index in [9.17, 15) is 4.79 Å². The first-order valence-electron chi connectivity index (χ1n) is 6.65. The predicted octanol–water partition coefficient (Wildman–Crippen LogP) is 1.16. The molecule has 0 aromatic carbocycles. The SMILES string of the molecule is CCOCCNC(=O)C(C)(C)C1CCCNC1. The summed E-state index contributed by atoms with van der Waals surface area (Å²) < 4.78 is 5.21. The van der Waals surface area contributed by atoms with Crippen LogP contribution in [0.5, 0.6) is 0 Å². The number of nitrogens with one attached hydrogen (secondary N) is 2. The van der Waals surface area contributed by atoms with Gasteiger partial charge in [-0.25, -0.2) is 0 Å². The highest BCUT2D eigenvalue weighted by Crippen LogP contribution is 2.31. The van der Waals surface area contributed by atoms with Crippen LogP contribution in [0.3, 0.4) is 0 Å². The maximum absolute atomic E-state index is 12.1. The lowest BCUT2D eigenvalue weighted by Crippen LogP contribution is -2.47. The fourth-order valence-corrected chi connectivity index (χ4v) is 2.26. The molecule has 1 unspecified atom stereocenters. The van der Waals surface area contributed by atoms with E-state index in [0.29, 0.717) is 25.7 Å². The normalized spacial score (nSPS) is 21.2. The summed E-state index contributed by atoms with van der Waals surface area (Å²) >= 11 is 0. The van der Waals surface area contributed by atoms with Crippen molar-refractivity contribution in [1.82, 2.24) is 10.6 Å². The number of hydrogen-bond acceptors (Lipinski definition) is 3. The Hall–Kier alpha value is -0.610. The first kappa shape index (κ1) is 14.5. The van der Waals surface area contributed by atoms with E-state index in [2.05, 4.69) is 10.6 Å². The van der Waals surface area contributed by atoms with Gasteiger partial charge in [-0.05, 0) is 38.8 Å². The van der Waals surface area contributed by atoms with Gasteiger partial charge in [0.2, 0.25) is 5.91 Å². The van der Waals surface area contributed by atoms with Gasteiger partial charge < -0.3 is 15.4 Å². The highest BCUT2D eigenvalue weighted by atomic mass is 16.5. The quantitative estimate of drug-likeness (QED) is 0.687. The van der Waals surface area contributed by atoms with Crippen LogP contribution in [0.1, 0.15) is 33.6 Å². The summed E-state index contributed by atoms with van der Waals surface area (Å²) in [7, 11) is 0. The average Bonchev–Trinajstić information content (AvgIpc) is 2.35. The number of rotatable bonds is 6. The van der Waals surface area contributed by atoms with Crippen molar-refractivity contribution in [2.24, 2.45) is 11.3 Å². The lowest BCUT2D eigenvalue weighted by Gasteiger charge is -2.36. The molecule has 1 fully saturated rings. The first-order chi connectivity index (χ1) is 8.09. The zero-order valence-electron chi connectivity index (χ0n) is 11.3. The van der Waals surface area contributed by atoms with Crippen molar-refractivity contribution in [1.29, 1.82) is 0 Å². The van der Waals surface area contributed by atoms with Gasteiger partial charge in [0.1, 0.15) is 0 Å². The largest absolute Gasteiger partial charge is 0.380 e. The molecule has 4 heteroatoms. The topological polar surface area (TPSA) is 50.4 Å². The molecule has 1 amide bonds. The molecule has 1 saturated heterocycles. The van der Waals surface area contributed by atoms with E-state index in [1.54, 1.807) is 0 Å². The molecule has 1 aliphatic rings. The van der Waals surface area contributed by atoms with E-state index < -0.39 is 0 Å². The number of carbonyl (C=O) groups is 1. The molecule has 1 heterocycles. The van der Waals surface area contributed by atoms with Gasteiger partial charge in [0.15, 0.2) is 0 Å². The van der Waals surface area contributed by atoms with Crippen molar-refractivity contribution in [3.8, 4) is 0 Å². The second kappa shape index (κ2) is 6.97. The molecule has 17 heavy (non-hydrogen) atoms. The van der Waals surface area contributed by atoms with E-state index in [1.807, 2.05) is 20.8 Å². The number of ether oxygens (including phenoxy) is 1. The van der Waals surface area contributed by atoms with Crippen molar-refractivity contribution in [2.75, 3.05) is 32.8 Å². The van der Waals surface area contributed by atoms with Crippen LogP contribution in [0.4, 0.5) is 0 Å². The summed E-state index contributed by atoms with van der Waals surface area (Å²) in [5, 5.41) is 6.33. The lowest BCUT2D eigenvalue weighted by atomic mass is 9.74. The molecule has 0 saturated carbocycles. The Labute approximate surface area is 104 Å². The van der Waals surface area contributed by atoms with Gasteiger partial charge >= 0.3 is 0 Å². The van der Waals surface area contributed by atoms with E-state index >= 15 is 0 Å². The Morgan fingerprint density at radius 3 is 2.88 bits per heavy atom. The van der Waals surface area contributed by atoms with Crippen LogP contribution in [0.15, 0.2) is 0 Å². The van der Waals surface area contributed by atoms with Gasteiger partial charge in [-0.2, -0.15) is 0 Å². The fourth-order valence-electron chi connectivity index (χ4n) is 2.26. The number of carbonyl (C=O) groups excluding carboxylic acids is 1. The summed E-state index contributed by atoms with van der Waals surface area (Å²) in [6.45, 7) is 9.98. The Morgan fingerprint density at radius 1 is 1.53 bits per heavy atom. The van der Waals surface area contributed by atoms with Crippen LogP contribution in [-0.4, -0.2) is 38.8 Å². The second-order valence-corrected chi connectivity index (χ2v) is 5.22. The Kier molecular flexibility index (Phi) is 5.92. The Morgan fingerprint density at radius 2 is 2.29 bits per heavy atom. The van der Waals surface area contributed by atoms with Gasteiger partial charge in [-0.15, -0.1) is 0 Å². The van der Waals surface area contributed by atoms with Gasteiger partial charge in [0.05, 0.1) is 6.61 Å². The minimum absolute atomic E-state index is 0.144. The van der Waals surface area contributed by atoms with E-state index in [0.717, 1.165) is 19.5 Å². The molecule has 100 valence electrons. The molecular formula is C13H26N2O2. The van der Waals surface area contributed by atoms with E-state index in [4.69, 9.17) is 4.74 Å². The molecule has 0 bridgehead atoms. The first-order valence-corrected chi connectivity index (χ1v) is 6.65. The van der Waals surface area contributed by atoms with Crippen LogP contribution in [0.25, 0.3) is 0 Å². The molecule has 0 radical (unpaired) electrons. The number of amides is 1. The van der Waals surface area contributed by atoms with Crippen molar-refractivity contribution in [2.45, 2.75) is 33.6 Å². The second-order valence-electron chi connectivity index (χ2n) is 5.22. The highest BCUT2D eigenvalue weighted by Gasteiger charge is 2.36. The molecule has 0 aromatic heterocycles. The molecule has 1 atom stereocenters. The van der Waals surface area contributed by atoms with Gasteiger partial charge in [0.25, 0.3) is 0 Å². The lowest BCUT2D eigenvalue weighted by molar-refractivity contribution is -0.132. The van der Waals surface area contributed by atoms with Crippen LogP contribution >= 0.6 is 0 Å². The molecule has 4 nitrogen and oxygen atoms in total. The summed E-state index contributed by atoms with van der Waals surface area (Å²) in [5.41, 5.74) is -0.292. The predicted molar refractivity (Wildman–Crippen MR) is 68.9 cm³/mol. The van der Waals surface area contributed by atoms with Crippen molar-refractivity contribution in [3.63, 3.8) is 0 Å². The van der Waals surface area contributed by atoms with Crippen molar-refractivity contribution in [3.05, 3.63) is 0 Å². The fraction of sp³-hybridized carbons (Fsp3) is 0.923. The molecule has 1 rings (SSSR count). The van der Waals surface area contributed by atoms with Gasteiger partial charge in [-0.1, -0.05) is 13.8 Å². The minimum Gasteiger partial charge on any atom is -0.380 e. The van der Waals surface area contributed by atoms with Crippen LogP contribution in [0, 0.1) is 11.3 Å². The summed E-state index contributed by atoms with van der Waals surface area (Å²) in [5.74, 6) is 0.578. The summed E-state index contributed by atoms with van der Waals surface area (Å²) in [4.78, 5) is 12.1. The number of piperidine rings is 1.